The number of carbonyl (C=O) groups excluding carboxylic acids is 1. The van der Waals surface area contributed by atoms with Crippen LogP contribution in [-0.2, 0) is 17.6 Å². The van der Waals surface area contributed by atoms with Crippen LogP contribution in [0.2, 0.25) is 0 Å². The van der Waals surface area contributed by atoms with Crippen LogP contribution in [0.15, 0.2) is 29.4 Å². The van der Waals surface area contributed by atoms with Gasteiger partial charge in [0.25, 0.3) is 0 Å². The molecule has 0 spiro atoms. The number of halogens is 1. The number of hydrogen-bond acceptors (Lipinski definition) is 2. The molecule has 6 nitrogen and oxygen atoms in total. The fourth-order valence-electron chi connectivity index (χ4n) is 2.72. The molecule has 3 N–H and O–H groups in total. The van der Waals surface area contributed by atoms with E-state index in [1.165, 1.54) is 22.0 Å². The quantitative estimate of drug-likeness (QED) is 0.330. The van der Waals surface area contributed by atoms with E-state index >= 15 is 0 Å². The van der Waals surface area contributed by atoms with Crippen molar-refractivity contribution in [3.05, 3.63) is 35.5 Å². The van der Waals surface area contributed by atoms with E-state index in [-0.39, 0.29) is 36.4 Å². The topological polar surface area (TPSA) is 72.5 Å². The van der Waals surface area contributed by atoms with Crippen LogP contribution in [0.5, 0.6) is 0 Å². The molecule has 0 aliphatic carbocycles. The third kappa shape index (κ3) is 5.89. The molecule has 0 saturated carbocycles. The first-order valence-corrected chi connectivity index (χ1v) is 8.87. The normalized spacial score (nSPS) is 11.2. The highest BCUT2D eigenvalue weighted by Gasteiger charge is 2.07. The predicted molar refractivity (Wildman–Crippen MR) is 119 cm³/mol. The molecule has 0 fully saturated rings. The number of aliphatic imine (C=N–C) groups is 1. The van der Waals surface area contributed by atoms with Crippen molar-refractivity contribution in [2.45, 2.75) is 26.7 Å². The lowest BCUT2D eigenvalue weighted by molar-refractivity contribution is -0.127. The van der Waals surface area contributed by atoms with Gasteiger partial charge in [-0.3, -0.25) is 4.79 Å². The van der Waals surface area contributed by atoms with E-state index in [1.807, 2.05) is 6.92 Å². The van der Waals surface area contributed by atoms with Crippen LogP contribution in [0.3, 0.4) is 0 Å². The lowest BCUT2D eigenvalue weighted by atomic mass is 10.1. The summed E-state index contributed by atoms with van der Waals surface area (Å²) in [5.74, 6) is 0.660. The van der Waals surface area contributed by atoms with Gasteiger partial charge in [0.15, 0.2) is 5.96 Å². The lowest BCUT2D eigenvalue weighted by Gasteiger charge is -2.12. The molecule has 0 bridgehead atoms. The molecular formula is C19H30IN5O. The van der Waals surface area contributed by atoms with Crippen LogP contribution >= 0.6 is 24.0 Å². The summed E-state index contributed by atoms with van der Waals surface area (Å²) in [6.45, 7) is 5.84. The van der Waals surface area contributed by atoms with Gasteiger partial charge in [-0.2, -0.15) is 0 Å². The molecule has 2 rings (SSSR count). The second-order valence-electron chi connectivity index (χ2n) is 6.17. The molecule has 144 valence electrons. The maximum Gasteiger partial charge on any atom is 0.243 e. The van der Waals surface area contributed by atoms with Crippen molar-refractivity contribution in [2.24, 2.45) is 4.99 Å². The van der Waals surface area contributed by atoms with Gasteiger partial charge >= 0.3 is 0 Å². The summed E-state index contributed by atoms with van der Waals surface area (Å²) in [6.07, 6.45) is 4.00. The third-order valence-electron chi connectivity index (χ3n) is 4.17. The summed E-state index contributed by atoms with van der Waals surface area (Å²) >= 11 is 0. The average Bonchev–Trinajstić information content (AvgIpc) is 3.02. The number of carbonyl (C=O) groups is 1. The Hall–Kier alpha value is -1.77. The average molecular weight is 471 g/mol. The minimum Gasteiger partial charge on any atom is -0.361 e. The number of benzene rings is 1. The van der Waals surface area contributed by atoms with Crippen molar-refractivity contribution in [1.29, 1.82) is 0 Å². The maximum absolute atomic E-state index is 11.7. The van der Waals surface area contributed by atoms with Gasteiger partial charge in [0, 0.05) is 44.3 Å². The third-order valence-corrected chi connectivity index (χ3v) is 4.17. The molecule has 26 heavy (non-hydrogen) atoms. The van der Waals surface area contributed by atoms with Crippen molar-refractivity contribution >= 4 is 46.7 Å². The number of hydrogen-bond donors (Lipinski definition) is 3. The summed E-state index contributed by atoms with van der Waals surface area (Å²) in [4.78, 5) is 21.0. The number of likely N-dealkylation sites (N-methyl/N-ethyl adjacent to an activating group) is 1. The van der Waals surface area contributed by atoms with E-state index in [0.717, 1.165) is 25.9 Å². The zero-order valence-corrected chi connectivity index (χ0v) is 18.4. The van der Waals surface area contributed by atoms with Crippen LogP contribution in [-0.4, -0.2) is 55.5 Å². The number of rotatable bonds is 7. The number of aromatic amines is 1. The van der Waals surface area contributed by atoms with E-state index in [2.05, 4.69) is 51.9 Å². The second kappa shape index (κ2) is 11.1. The van der Waals surface area contributed by atoms with Crippen molar-refractivity contribution in [1.82, 2.24) is 20.5 Å². The van der Waals surface area contributed by atoms with E-state index in [9.17, 15) is 4.79 Å². The van der Waals surface area contributed by atoms with Gasteiger partial charge in [-0.05, 0) is 30.9 Å². The highest BCUT2D eigenvalue weighted by atomic mass is 127. The van der Waals surface area contributed by atoms with Gasteiger partial charge in [-0.15, -0.1) is 24.0 Å². The van der Waals surface area contributed by atoms with Crippen LogP contribution in [0.1, 0.15) is 25.0 Å². The monoisotopic (exact) mass is 471 g/mol. The number of para-hydroxylation sites is 1. The number of nitrogens with zero attached hydrogens (tertiary/aromatic N) is 2. The Morgan fingerprint density at radius 2 is 1.96 bits per heavy atom. The standard InChI is InChI=1S/C19H29N5O.HI/c1-5-14-8-7-9-16-15(12-22-18(14)16)10-11-21-19(20-6-2)23-13-17(25)24(3)4;/h7-9,12,22H,5-6,10-11,13H2,1-4H3,(H2,20,21,23);1H. The van der Waals surface area contributed by atoms with Crippen LogP contribution < -0.4 is 10.6 Å². The summed E-state index contributed by atoms with van der Waals surface area (Å²) in [6, 6.07) is 6.44. The lowest BCUT2D eigenvalue weighted by Crippen LogP contribution is -2.39. The predicted octanol–water partition coefficient (Wildman–Crippen LogP) is 2.53. The molecule has 2 aromatic rings. The molecular weight excluding hydrogens is 441 g/mol. The highest BCUT2D eigenvalue weighted by molar-refractivity contribution is 14.0. The number of aryl methyl sites for hydroxylation is 1. The molecule has 1 aromatic heterocycles. The second-order valence-corrected chi connectivity index (χ2v) is 6.17. The largest absolute Gasteiger partial charge is 0.361 e. The SMILES string of the molecule is CCNC(=NCC(=O)N(C)C)NCCc1c[nH]c2c(CC)cccc12.I. The Morgan fingerprint density at radius 3 is 2.62 bits per heavy atom. The minimum absolute atomic E-state index is 0. The number of aromatic nitrogens is 1. The van der Waals surface area contributed by atoms with Crippen molar-refractivity contribution < 1.29 is 4.79 Å². The van der Waals surface area contributed by atoms with Crippen molar-refractivity contribution in [3.8, 4) is 0 Å². The van der Waals surface area contributed by atoms with Gasteiger partial charge in [-0.1, -0.05) is 25.1 Å². The van der Waals surface area contributed by atoms with Crippen LogP contribution in [0.4, 0.5) is 0 Å². The Balaban J connectivity index is 0.00000338. The molecule has 1 amide bonds. The Labute approximate surface area is 172 Å². The number of amides is 1. The summed E-state index contributed by atoms with van der Waals surface area (Å²) in [5, 5.41) is 7.76. The fraction of sp³-hybridized carbons (Fsp3) is 0.474. The Morgan fingerprint density at radius 1 is 1.19 bits per heavy atom. The molecule has 7 heteroatoms. The molecule has 0 atom stereocenters. The first kappa shape index (κ1) is 22.3. The number of nitrogens with one attached hydrogen (secondary N) is 3. The van der Waals surface area contributed by atoms with Gasteiger partial charge in [-0.25, -0.2) is 4.99 Å². The van der Waals surface area contributed by atoms with Gasteiger partial charge in [0.2, 0.25) is 5.91 Å². The number of guanidine groups is 1. The van der Waals surface area contributed by atoms with Crippen molar-refractivity contribution in [3.63, 3.8) is 0 Å². The molecule has 0 unspecified atom stereocenters. The number of fused-ring (bicyclic) bond motifs is 1. The Kier molecular flexibility index (Phi) is 9.47. The van der Waals surface area contributed by atoms with Gasteiger partial charge in [0.05, 0.1) is 0 Å². The zero-order chi connectivity index (χ0) is 18.2. The van der Waals surface area contributed by atoms with E-state index in [0.29, 0.717) is 5.96 Å². The fourth-order valence-corrected chi connectivity index (χ4v) is 2.72. The smallest absolute Gasteiger partial charge is 0.243 e. The molecule has 0 aliphatic heterocycles. The molecule has 0 aliphatic rings. The highest BCUT2D eigenvalue weighted by Crippen LogP contribution is 2.22. The first-order chi connectivity index (χ1) is 12.1. The van der Waals surface area contributed by atoms with Gasteiger partial charge in [0.1, 0.15) is 6.54 Å². The zero-order valence-electron chi connectivity index (χ0n) is 16.1. The molecule has 0 radical (unpaired) electrons. The molecule has 1 aromatic carbocycles. The van der Waals surface area contributed by atoms with E-state index < -0.39 is 0 Å². The number of H-pyrrole nitrogens is 1. The Bertz CT molecular complexity index is 739. The van der Waals surface area contributed by atoms with Gasteiger partial charge < -0.3 is 20.5 Å². The summed E-state index contributed by atoms with van der Waals surface area (Å²) < 4.78 is 0. The van der Waals surface area contributed by atoms with E-state index in [4.69, 9.17) is 0 Å². The molecule has 1 heterocycles. The minimum atomic E-state index is -0.0130. The molecule has 0 saturated heterocycles. The van der Waals surface area contributed by atoms with Crippen molar-refractivity contribution in [2.75, 3.05) is 33.7 Å². The summed E-state index contributed by atoms with van der Waals surface area (Å²) in [7, 11) is 3.47. The van der Waals surface area contributed by atoms with Crippen LogP contribution in [0, 0.1) is 0 Å². The van der Waals surface area contributed by atoms with E-state index in [1.54, 1.807) is 19.0 Å². The maximum atomic E-state index is 11.7. The first-order valence-electron chi connectivity index (χ1n) is 8.87. The summed E-state index contributed by atoms with van der Waals surface area (Å²) in [5.41, 5.74) is 3.86. The van der Waals surface area contributed by atoms with Crippen LogP contribution in [0.25, 0.3) is 10.9 Å².